The summed E-state index contributed by atoms with van der Waals surface area (Å²) in [5, 5.41) is 0. The van der Waals surface area contributed by atoms with Crippen molar-refractivity contribution in [1.82, 2.24) is 0 Å². The molecule has 0 bridgehead atoms. The van der Waals surface area contributed by atoms with Crippen molar-refractivity contribution < 1.29 is 23.8 Å². The maximum absolute atomic E-state index is 12.1. The Bertz CT molecular complexity index is 419. The first-order valence-electron chi connectivity index (χ1n) is 11.1. The van der Waals surface area contributed by atoms with E-state index in [0.29, 0.717) is 18.6 Å². The lowest BCUT2D eigenvalue weighted by Gasteiger charge is -2.18. The van der Waals surface area contributed by atoms with E-state index < -0.39 is 12.1 Å². The minimum atomic E-state index is -0.564. The minimum Gasteiger partial charge on any atom is -0.458 e. The summed E-state index contributed by atoms with van der Waals surface area (Å²) >= 11 is 0. The molecule has 0 heterocycles. The Labute approximate surface area is 172 Å². The van der Waals surface area contributed by atoms with Gasteiger partial charge in [-0.25, -0.2) is 4.79 Å². The van der Waals surface area contributed by atoms with Gasteiger partial charge >= 0.3 is 11.9 Å². The largest absolute Gasteiger partial charge is 0.458 e. The van der Waals surface area contributed by atoms with Gasteiger partial charge in [-0.2, -0.15) is 0 Å². The van der Waals surface area contributed by atoms with Gasteiger partial charge in [0.1, 0.15) is 6.61 Å². The van der Waals surface area contributed by atoms with Crippen molar-refractivity contribution in [3.8, 4) is 0 Å². The maximum Gasteiger partial charge on any atom is 0.333 e. The molecule has 164 valence electrons. The molecule has 0 saturated carbocycles. The maximum atomic E-state index is 12.1. The molecule has 0 aliphatic rings. The smallest absolute Gasteiger partial charge is 0.333 e. The van der Waals surface area contributed by atoms with E-state index in [0.717, 1.165) is 25.7 Å². The molecular formula is C23H42O5. The van der Waals surface area contributed by atoms with Crippen LogP contribution in [0, 0.1) is 0 Å². The highest BCUT2D eigenvalue weighted by Crippen LogP contribution is 2.11. The number of hydrogen-bond acceptors (Lipinski definition) is 5. The van der Waals surface area contributed by atoms with Crippen LogP contribution in [0.4, 0.5) is 0 Å². The number of ether oxygens (including phenoxy) is 3. The molecule has 0 aromatic rings. The zero-order valence-corrected chi connectivity index (χ0v) is 18.4. The van der Waals surface area contributed by atoms with Gasteiger partial charge in [-0.1, -0.05) is 78.2 Å². The van der Waals surface area contributed by atoms with Gasteiger partial charge in [-0.05, 0) is 19.8 Å². The van der Waals surface area contributed by atoms with Gasteiger partial charge in [0.25, 0.3) is 0 Å². The highest BCUT2D eigenvalue weighted by molar-refractivity contribution is 5.86. The number of carbonyl (C=O) groups is 2. The van der Waals surface area contributed by atoms with Crippen molar-refractivity contribution in [3.05, 3.63) is 12.2 Å². The summed E-state index contributed by atoms with van der Waals surface area (Å²) < 4.78 is 16.1. The van der Waals surface area contributed by atoms with Crippen LogP contribution in [0.25, 0.3) is 0 Å². The van der Waals surface area contributed by atoms with Crippen LogP contribution in [0.5, 0.6) is 0 Å². The second kappa shape index (κ2) is 19.0. The van der Waals surface area contributed by atoms with E-state index in [-0.39, 0.29) is 19.2 Å². The summed E-state index contributed by atoms with van der Waals surface area (Å²) in [5.74, 6) is -0.730. The minimum absolute atomic E-state index is 0.00131. The number of rotatable bonds is 19. The molecule has 0 amide bonds. The lowest BCUT2D eigenvalue weighted by molar-refractivity contribution is -0.161. The molecular weight excluding hydrogens is 356 g/mol. The molecule has 0 radical (unpaired) electrons. The number of unbranched alkanes of at least 4 members (excludes halogenated alkanes) is 9. The molecule has 28 heavy (non-hydrogen) atoms. The molecule has 0 rings (SSSR count). The van der Waals surface area contributed by atoms with Crippen LogP contribution in [0.1, 0.15) is 97.8 Å². The Kier molecular flexibility index (Phi) is 18.1. The molecule has 0 aliphatic heterocycles. The number of carbonyl (C=O) groups excluding carboxylic acids is 2. The van der Waals surface area contributed by atoms with E-state index in [1.807, 2.05) is 0 Å². The fraction of sp³-hybridized carbons (Fsp3) is 0.826. The second-order valence-corrected chi connectivity index (χ2v) is 7.50. The molecule has 0 N–H and O–H groups in total. The molecule has 0 spiro atoms. The Morgan fingerprint density at radius 2 is 1.39 bits per heavy atom. The van der Waals surface area contributed by atoms with Gasteiger partial charge in [-0.15, -0.1) is 0 Å². The molecule has 0 aromatic carbocycles. The van der Waals surface area contributed by atoms with Crippen molar-refractivity contribution in [1.29, 1.82) is 0 Å². The van der Waals surface area contributed by atoms with Crippen molar-refractivity contribution in [2.75, 3.05) is 19.8 Å². The van der Waals surface area contributed by atoms with E-state index >= 15 is 0 Å². The monoisotopic (exact) mass is 398 g/mol. The standard InChI is InChI=1S/C23H42O5/c1-5-7-9-10-11-12-13-14-15-16-22(24)28-21(18-26-17-8-6-2)19-27-23(25)20(3)4/h21H,3,5-19H2,1-2,4H3. The zero-order valence-electron chi connectivity index (χ0n) is 18.4. The van der Waals surface area contributed by atoms with E-state index in [1.54, 1.807) is 6.92 Å². The lowest BCUT2D eigenvalue weighted by Crippen LogP contribution is -2.30. The lowest BCUT2D eigenvalue weighted by atomic mass is 10.1. The summed E-state index contributed by atoms with van der Waals surface area (Å²) in [5.41, 5.74) is 0.326. The van der Waals surface area contributed by atoms with Gasteiger partial charge in [0.05, 0.1) is 6.61 Å². The van der Waals surface area contributed by atoms with Crippen LogP contribution < -0.4 is 0 Å². The highest BCUT2D eigenvalue weighted by Gasteiger charge is 2.17. The summed E-state index contributed by atoms with van der Waals surface area (Å²) in [6.45, 7) is 10.3. The van der Waals surface area contributed by atoms with E-state index in [9.17, 15) is 9.59 Å². The topological polar surface area (TPSA) is 61.8 Å². The van der Waals surface area contributed by atoms with Gasteiger partial charge in [-0.3, -0.25) is 4.79 Å². The van der Waals surface area contributed by atoms with Crippen molar-refractivity contribution in [2.45, 2.75) is 104 Å². The molecule has 0 aromatic heterocycles. The molecule has 5 heteroatoms. The third-order valence-corrected chi connectivity index (χ3v) is 4.48. The van der Waals surface area contributed by atoms with Crippen LogP contribution in [0.2, 0.25) is 0 Å². The molecule has 0 saturated heterocycles. The predicted octanol–water partition coefficient (Wildman–Crippen LogP) is 5.76. The van der Waals surface area contributed by atoms with Crippen LogP contribution >= 0.6 is 0 Å². The van der Waals surface area contributed by atoms with Gasteiger partial charge in [0, 0.05) is 18.6 Å². The van der Waals surface area contributed by atoms with Crippen LogP contribution in [-0.2, 0) is 23.8 Å². The number of esters is 2. The molecule has 1 atom stereocenters. The SMILES string of the molecule is C=C(C)C(=O)OCC(COCCCC)OC(=O)CCCCCCCCCCC. The van der Waals surface area contributed by atoms with Crippen LogP contribution in [0.3, 0.4) is 0 Å². The summed E-state index contributed by atoms with van der Waals surface area (Å²) in [6.07, 6.45) is 12.7. The normalized spacial score (nSPS) is 11.8. The molecule has 0 fully saturated rings. The van der Waals surface area contributed by atoms with E-state index in [4.69, 9.17) is 14.2 Å². The van der Waals surface area contributed by atoms with Crippen LogP contribution in [-0.4, -0.2) is 37.9 Å². The average Bonchev–Trinajstić information content (AvgIpc) is 2.67. The summed E-state index contributed by atoms with van der Waals surface area (Å²) in [6, 6.07) is 0. The Morgan fingerprint density at radius 1 is 0.821 bits per heavy atom. The Balaban J connectivity index is 4.00. The third kappa shape index (κ3) is 16.8. The van der Waals surface area contributed by atoms with E-state index in [2.05, 4.69) is 20.4 Å². The quantitative estimate of drug-likeness (QED) is 0.157. The first kappa shape index (κ1) is 26.6. The zero-order chi connectivity index (χ0) is 21.0. The summed E-state index contributed by atoms with van der Waals surface area (Å²) in [7, 11) is 0. The van der Waals surface area contributed by atoms with Gasteiger partial charge < -0.3 is 14.2 Å². The van der Waals surface area contributed by atoms with E-state index in [1.165, 1.54) is 44.9 Å². The number of hydrogen-bond donors (Lipinski definition) is 0. The van der Waals surface area contributed by atoms with Crippen LogP contribution in [0.15, 0.2) is 12.2 Å². The molecule has 5 nitrogen and oxygen atoms in total. The van der Waals surface area contributed by atoms with Crippen molar-refractivity contribution >= 4 is 11.9 Å². The third-order valence-electron chi connectivity index (χ3n) is 4.48. The van der Waals surface area contributed by atoms with Crippen molar-refractivity contribution in [3.63, 3.8) is 0 Å². The second-order valence-electron chi connectivity index (χ2n) is 7.50. The van der Waals surface area contributed by atoms with Gasteiger partial charge in [0.2, 0.25) is 0 Å². The van der Waals surface area contributed by atoms with Crippen molar-refractivity contribution in [2.24, 2.45) is 0 Å². The molecule has 1 unspecified atom stereocenters. The Morgan fingerprint density at radius 3 is 1.96 bits per heavy atom. The van der Waals surface area contributed by atoms with Gasteiger partial charge in [0.15, 0.2) is 6.10 Å². The predicted molar refractivity (Wildman–Crippen MR) is 113 cm³/mol. The average molecular weight is 399 g/mol. The fourth-order valence-corrected chi connectivity index (χ4v) is 2.69. The Hall–Kier alpha value is -1.36. The first-order valence-corrected chi connectivity index (χ1v) is 11.1. The first-order chi connectivity index (χ1) is 13.5. The highest BCUT2D eigenvalue weighted by atomic mass is 16.6. The molecule has 0 aliphatic carbocycles. The summed E-state index contributed by atoms with van der Waals surface area (Å²) in [4.78, 5) is 23.7. The fourth-order valence-electron chi connectivity index (χ4n) is 2.69.